The summed E-state index contributed by atoms with van der Waals surface area (Å²) in [5.74, 6) is 0.447. The maximum absolute atomic E-state index is 12.4. The van der Waals surface area contributed by atoms with Crippen molar-refractivity contribution in [2.75, 3.05) is 26.2 Å². The van der Waals surface area contributed by atoms with Gasteiger partial charge in [-0.05, 0) is 38.8 Å². The standard InChI is InChI=1S/C17H23N3O3/c21-17(19-9-3-4-10-19)14-7-11-18(12-8-14)13-15-5-1-2-6-16(15)20(22)23/h1-2,5-6,14H,3-4,7-13H2. The van der Waals surface area contributed by atoms with Crippen LogP contribution in [-0.2, 0) is 11.3 Å². The zero-order valence-electron chi connectivity index (χ0n) is 13.3. The molecule has 2 aliphatic rings. The van der Waals surface area contributed by atoms with Gasteiger partial charge in [-0.15, -0.1) is 0 Å². The van der Waals surface area contributed by atoms with Crippen LogP contribution < -0.4 is 0 Å². The topological polar surface area (TPSA) is 66.7 Å². The molecule has 6 nitrogen and oxygen atoms in total. The summed E-state index contributed by atoms with van der Waals surface area (Å²) in [6, 6.07) is 6.91. The first-order chi connectivity index (χ1) is 11.1. The highest BCUT2D eigenvalue weighted by Gasteiger charge is 2.30. The fourth-order valence-corrected chi connectivity index (χ4v) is 3.60. The molecule has 1 aromatic carbocycles. The van der Waals surface area contributed by atoms with E-state index in [4.69, 9.17) is 0 Å². The van der Waals surface area contributed by atoms with E-state index in [-0.39, 0.29) is 16.5 Å². The van der Waals surface area contributed by atoms with Crippen LogP contribution in [0.4, 0.5) is 5.69 Å². The van der Waals surface area contributed by atoms with E-state index < -0.39 is 0 Å². The third-order valence-electron chi connectivity index (χ3n) is 4.94. The Morgan fingerprint density at radius 2 is 1.78 bits per heavy atom. The summed E-state index contributed by atoms with van der Waals surface area (Å²) in [7, 11) is 0. The molecule has 6 heteroatoms. The molecule has 2 aliphatic heterocycles. The average molecular weight is 317 g/mol. The Hall–Kier alpha value is -1.95. The Balaban J connectivity index is 1.55. The normalized spacial score (nSPS) is 19.9. The number of nitro benzene ring substituents is 1. The maximum atomic E-state index is 12.4. The van der Waals surface area contributed by atoms with Crippen LogP contribution in [0.3, 0.4) is 0 Å². The van der Waals surface area contributed by atoms with Crippen molar-refractivity contribution in [3.63, 3.8) is 0 Å². The second kappa shape index (κ2) is 7.08. The molecular formula is C17H23N3O3. The Labute approximate surface area is 136 Å². The number of nitrogens with zero attached hydrogens (tertiary/aromatic N) is 3. The Morgan fingerprint density at radius 1 is 1.13 bits per heavy atom. The Morgan fingerprint density at radius 3 is 2.43 bits per heavy atom. The van der Waals surface area contributed by atoms with Gasteiger partial charge in [0.2, 0.25) is 5.91 Å². The molecule has 2 fully saturated rings. The predicted molar refractivity (Wildman–Crippen MR) is 86.9 cm³/mol. The van der Waals surface area contributed by atoms with E-state index in [2.05, 4.69) is 4.90 Å². The molecule has 2 saturated heterocycles. The number of para-hydroxylation sites is 1. The lowest BCUT2D eigenvalue weighted by atomic mass is 9.95. The number of carbonyl (C=O) groups is 1. The van der Waals surface area contributed by atoms with Crippen molar-refractivity contribution >= 4 is 11.6 Å². The molecule has 0 N–H and O–H groups in total. The van der Waals surface area contributed by atoms with Crippen LogP contribution >= 0.6 is 0 Å². The molecule has 3 rings (SSSR count). The molecule has 2 heterocycles. The molecule has 23 heavy (non-hydrogen) atoms. The van der Waals surface area contributed by atoms with Gasteiger partial charge < -0.3 is 4.90 Å². The number of nitro groups is 1. The summed E-state index contributed by atoms with van der Waals surface area (Å²) in [5.41, 5.74) is 0.935. The Bertz CT molecular complexity index is 576. The Kier molecular flexibility index (Phi) is 4.91. The van der Waals surface area contributed by atoms with Gasteiger partial charge in [-0.3, -0.25) is 19.8 Å². The minimum atomic E-state index is -0.320. The number of carbonyl (C=O) groups excluding carboxylic acids is 1. The third-order valence-corrected chi connectivity index (χ3v) is 4.94. The molecule has 0 aliphatic carbocycles. The zero-order valence-corrected chi connectivity index (χ0v) is 13.3. The minimum Gasteiger partial charge on any atom is -0.342 e. The first-order valence-electron chi connectivity index (χ1n) is 8.38. The van der Waals surface area contributed by atoms with E-state index >= 15 is 0 Å². The monoisotopic (exact) mass is 317 g/mol. The largest absolute Gasteiger partial charge is 0.342 e. The summed E-state index contributed by atoms with van der Waals surface area (Å²) in [6.45, 7) is 4.07. The molecular weight excluding hydrogens is 294 g/mol. The van der Waals surface area contributed by atoms with Crippen molar-refractivity contribution in [3.8, 4) is 0 Å². The van der Waals surface area contributed by atoms with Gasteiger partial charge in [0, 0.05) is 37.2 Å². The number of amides is 1. The molecule has 0 saturated carbocycles. The second-order valence-corrected chi connectivity index (χ2v) is 6.47. The number of benzene rings is 1. The fourth-order valence-electron chi connectivity index (χ4n) is 3.60. The van der Waals surface area contributed by atoms with Gasteiger partial charge in [0.15, 0.2) is 0 Å². The first kappa shape index (κ1) is 15.9. The molecule has 0 spiro atoms. The van der Waals surface area contributed by atoms with E-state index in [1.165, 1.54) is 0 Å². The van der Waals surface area contributed by atoms with E-state index in [9.17, 15) is 14.9 Å². The second-order valence-electron chi connectivity index (χ2n) is 6.47. The van der Waals surface area contributed by atoms with Crippen LogP contribution in [0.5, 0.6) is 0 Å². The smallest absolute Gasteiger partial charge is 0.273 e. The molecule has 0 aromatic heterocycles. The lowest BCUT2D eigenvalue weighted by molar-refractivity contribution is -0.385. The fraction of sp³-hybridized carbons (Fsp3) is 0.588. The van der Waals surface area contributed by atoms with Crippen LogP contribution in [-0.4, -0.2) is 46.8 Å². The number of likely N-dealkylation sites (tertiary alicyclic amines) is 2. The molecule has 1 aromatic rings. The van der Waals surface area contributed by atoms with Crippen LogP contribution in [0.2, 0.25) is 0 Å². The van der Waals surface area contributed by atoms with Crippen LogP contribution in [0.25, 0.3) is 0 Å². The highest BCUT2D eigenvalue weighted by atomic mass is 16.6. The van der Waals surface area contributed by atoms with Crippen molar-refractivity contribution in [1.29, 1.82) is 0 Å². The molecule has 0 radical (unpaired) electrons. The number of piperidine rings is 1. The van der Waals surface area contributed by atoms with Crippen molar-refractivity contribution in [3.05, 3.63) is 39.9 Å². The van der Waals surface area contributed by atoms with E-state index in [0.717, 1.165) is 57.4 Å². The van der Waals surface area contributed by atoms with Crippen molar-refractivity contribution in [1.82, 2.24) is 9.80 Å². The third kappa shape index (κ3) is 3.69. The maximum Gasteiger partial charge on any atom is 0.273 e. The van der Waals surface area contributed by atoms with Gasteiger partial charge in [0.05, 0.1) is 4.92 Å². The minimum absolute atomic E-state index is 0.134. The predicted octanol–water partition coefficient (Wildman–Crippen LogP) is 2.43. The highest BCUT2D eigenvalue weighted by molar-refractivity contribution is 5.79. The summed E-state index contributed by atoms with van der Waals surface area (Å²) in [5, 5.41) is 11.1. The van der Waals surface area contributed by atoms with Crippen LogP contribution in [0.15, 0.2) is 24.3 Å². The van der Waals surface area contributed by atoms with E-state index in [0.29, 0.717) is 12.5 Å². The summed E-state index contributed by atoms with van der Waals surface area (Å²) in [6.07, 6.45) is 3.97. The molecule has 0 atom stereocenters. The highest BCUT2D eigenvalue weighted by Crippen LogP contribution is 2.25. The van der Waals surface area contributed by atoms with Crippen LogP contribution in [0, 0.1) is 16.0 Å². The number of rotatable bonds is 4. The van der Waals surface area contributed by atoms with Gasteiger partial charge in [0.1, 0.15) is 0 Å². The number of hydrogen-bond acceptors (Lipinski definition) is 4. The van der Waals surface area contributed by atoms with Gasteiger partial charge in [0.25, 0.3) is 5.69 Å². The first-order valence-corrected chi connectivity index (χ1v) is 8.38. The van der Waals surface area contributed by atoms with E-state index in [1.807, 2.05) is 17.0 Å². The summed E-state index contributed by atoms with van der Waals surface area (Å²) >= 11 is 0. The van der Waals surface area contributed by atoms with E-state index in [1.54, 1.807) is 12.1 Å². The van der Waals surface area contributed by atoms with Crippen molar-refractivity contribution in [2.45, 2.75) is 32.2 Å². The van der Waals surface area contributed by atoms with Crippen LogP contribution in [0.1, 0.15) is 31.2 Å². The quantitative estimate of drug-likeness (QED) is 0.632. The molecule has 0 unspecified atom stereocenters. The summed E-state index contributed by atoms with van der Waals surface area (Å²) in [4.78, 5) is 27.4. The van der Waals surface area contributed by atoms with Crippen molar-refractivity contribution in [2.24, 2.45) is 5.92 Å². The number of hydrogen-bond donors (Lipinski definition) is 0. The van der Waals surface area contributed by atoms with Gasteiger partial charge in [-0.2, -0.15) is 0 Å². The van der Waals surface area contributed by atoms with Gasteiger partial charge in [-0.25, -0.2) is 0 Å². The van der Waals surface area contributed by atoms with Gasteiger partial charge in [-0.1, -0.05) is 18.2 Å². The summed E-state index contributed by atoms with van der Waals surface area (Å²) < 4.78 is 0. The molecule has 0 bridgehead atoms. The zero-order chi connectivity index (χ0) is 16.2. The van der Waals surface area contributed by atoms with Gasteiger partial charge >= 0.3 is 0 Å². The van der Waals surface area contributed by atoms with Crippen molar-refractivity contribution < 1.29 is 9.72 Å². The lowest BCUT2D eigenvalue weighted by Crippen LogP contribution is -2.41. The molecule has 124 valence electrons. The average Bonchev–Trinajstić information content (AvgIpc) is 3.10. The SMILES string of the molecule is O=C(C1CCN(Cc2ccccc2[N+](=O)[O-])CC1)N1CCCC1. The molecule has 1 amide bonds. The lowest BCUT2D eigenvalue weighted by Gasteiger charge is -2.33.